The van der Waals surface area contributed by atoms with Crippen LogP contribution in [0.1, 0.15) is 16.1 Å². The maximum atomic E-state index is 13.0. The van der Waals surface area contributed by atoms with E-state index in [1.54, 1.807) is 23.1 Å². The number of hydrogen-bond donors (Lipinski definition) is 1. The highest BCUT2D eigenvalue weighted by Gasteiger charge is 2.30. The maximum Gasteiger partial charge on any atom is 0.305 e. The lowest BCUT2D eigenvalue weighted by Gasteiger charge is -2.34. The van der Waals surface area contributed by atoms with E-state index in [-0.39, 0.29) is 24.8 Å². The Morgan fingerprint density at radius 2 is 2.00 bits per heavy atom. The number of carboxylic acids is 1. The van der Waals surface area contributed by atoms with Gasteiger partial charge in [0.25, 0.3) is 5.91 Å². The smallest absolute Gasteiger partial charge is 0.305 e. The average molecular weight is 349 g/mol. The molecule has 1 N–H and O–H groups in total. The summed E-state index contributed by atoms with van der Waals surface area (Å²) in [5, 5.41) is 8.99. The van der Waals surface area contributed by atoms with Crippen LogP contribution >= 0.6 is 11.3 Å². The SMILES string of the molecule is O=C(O)CC1COCCN1C(=O)c1ccc(-c2ccc(F)cc2)s1. The van der Waals surface area contributed by atoms with Gasteiger partial charge in [0.15, 0.2) is 0 Å². The Labute approximate surface area is 142 Å². The molecule has 2 heterocycles. The topological polar surface area (TPSA) is 66.8 Å². The Kier molecular flexibility index (Phi) is 4.92. The molecule has 0 bridgehead atoms. The van der Waals surface area contributed by atoms with Crippen LogP contribution in [0.2, 0.25) is 0 Å². The van der Waals surface area contributed by atoms with Gasteiger partial charge in [-0.2, -0.15) is 0 Å². The first-order valence-electron chi connectivity index (χ1n) is 7.51. The van der Waals surface area contributed by atoms with Gasteiger partial charge < -0.3 is 14.7 Å². The van der Waals surface area contributed by atoms with Crippen LogP contribution in [0.3, 0.4) is 0 Å². The van der Waals surface area contributed by atoms with Gasteiger partial charge in [0.2, 0.25) is 0 Å². The fraction of sp³-hybridized carbons (Fsp3) is 0.294. The van der Waals surface area contributed by atoms with E-state index < -0.39 is 12.0 Å². The number of amides is 1. The fourth-order valence-electron chi connectivity index (χ4n) is 2.66. The van der Waals surface area contributed by atoms with Crippen LogP contribution < -0.4 is 0 Å². The van der Waals surface area contributed by atoms with E-state index in [2.05, 4.69) is 0 Å². The predicted molar refractivity (Wildman–Crippen MR) is 87.6 cm³/mol. The highest BCUT2D eigenvalue weighted by atomic mass is 32.1. The zero-order valence-electron chi connectivity index (χ0n) is 12.8. The minimum atomic E-state index is -0.957. The highest BCUT2D eigenvalue weighted by molar-refractivity contribution is 7.17. The molecule has 0 spiro atoms. The second-order valence-electron chi connectivity index (χ2n) is 5.50. The zero-order chi connectivity index (χ0) is 17.1. The Bertz CT molecular complexity index is 743. The maximum absolute atomic E-state index is 13.0. The molecule has 5 nitrogen and oxygen atoms in total. The zero-order valence-corrected chi connectivity index (χ0v) is 13.6. The van der Waals surface area contributed by atoms with Crippen LogP contribution in [0.15, 0.2) is 36.4 Å². The van der Waals surface area contributed by atoms with Crippen LogP contribution in [0, 0.1) is 5.82 Å². The van der Waals surface area contributed by atoms with Crippen LogP contribution in [-0.4, -0.2) is 47.7 Å². The molecule has 0 saturated carbocycles. The fourth-order valence-corrected chi connectivity index (χ4v) is 3.62. The minimum absolute atomic E-state index is 0.137. The molecule has 126 valence electrons. The lowest BCUT2D eigenvalue weighted by atomic mass is 10.1. The number of ether oxygens (including phenoxy) is 1. The van der Waals surface area contributed by atoms with Gasteiger partial charge >= 0.3 is 5.97 Å². The van der Waals surface area contributed by atoms with Crippen molar-refractivity contribution in [3.05, 3.63) is 47.1 Å². The molecule has 3 rings (SSSR count). The first-order chi connectivity index (χ1) is 11.5. The van der Waals surface area contributed by atoms with E-state index in [1.807, 2.05) is 6.07 Å². The molecule has 1 aromatic heterocycles. The van der Waals surface area contributed by atoms with Crippen molar-refractivity contribution in [3.63, 3.8) is 0 Å². The quantitative estimate of drug-likeness (QED) is 0.922. The van der Waals surface area contributed by atoms with Gasteiger partial charge in [-0.15, -0.1) is 11.3 Å². The van der Waals surface area contributed by atoms with Gasteiger partial charge in [-0.25, -0.2) is 4.39 Å². The number of nitrogens with zero attached hydrogens (tertiary/aromatic N) is 1. The molecule has 1 atom stereocenters. The molecule has 1 aliphatic heterocycles. The largest absolute Gasteiger partial charge is 0.481 e. The summed E-state index contributed by atoms with van der Waals surface area (Å²) in [5.74, 6) is -1.46. The average Bonchev–Trinajstić information content (AvgIpc) is 3.05. The minimum Gasteiger partial charge on any atom is -0.481 e. The summed E-state index contributed by atoms with van der Waals surface area (Å²) >= 11 is 1.31. The van der Waals surface area contributed by atoms with E-state index in [4.69, 9.17) is 9.84 Å². The summed E-state index contributed by atoms with van der Waals surface area (Å²) in [6, 6.07) is 9.16. The van der Waals surface area contributed by atoms with Gasteiger partial charge in [-0.1, -0.05) is 12.1 Å². The lowest BCUT2D eigenvalue weighted by molar-refractivity contribution is -0.139. The van der Waals surface area contributed by atoms with Crippen molar-refractivity contribution in [1.29, 1.82) is 0 Å². The molecule has 24 heavy (non-hydrogen) atoms. The summed E-state index contributed by atoms with van der Waals surface area (Å²) in [4.78, 5) is 26.6. The van der Waals surface area contributed by atoms with Crippen molar-refractivity contribution in [2.45, 2.75) is 12.5 Å². The number of carbonyl (C=O) groups is 2. The monoisotopic (exact) mass is 349 g/mol. The molecular formula is C17H16FNO4S. The summed E-state index contributed by atoms with van der Waals surface area (Å²) in [6.07, 6.45) is -0.137. The third-order valence-corrected chi connectivity index (χ3v) is 4.97. The highest BCUT2D eigenvalue weighted by Crippen LogP contribution is 2.29. The van der Waals surface area contributed by atoms with Crippen molar-refractivity contribution in [2.75, 3.05) is 19.8 Å². The van der Waals surface area contributed by atoms with Crippen LogP contribution in [-0.2, 0) is 9.53 Å². The Morgan fingerprint density at radius 3 is 2.71 bits per heavy atom. The summed E-state index contributed by atoms with van der Waals surface area (Å²) in [5.41, 5.74) is 0.838. The van der Waals surface area contributed by atoms with Crippen molar-refractivity contribution in [1.82, 2.24) is 4.90 Å². The van der Waals surface area contributed by atoms with Gasteiger partial charge in [0, 0.05) is 11.4 Å². The van der Waals surface area contributed by atoms with Gasteiger partial charge in [-0.3, -0.25) is 9.59 Å². The van der Waals surface area contributed by atoms with Gasteiger partial charge in [0.05, 0.1) is 30.6 Å². The van der Waals surface area contributed by atoms with Crippen molar-refractivity contribution in [3.8, 4) is 10.4 Å². The first-order valence-corrected chi connectivity index (χ1v) is 8.32. The number of carbonyl (C=O) groups excluding carboxylic acids is 1. The predicted octanol–water partition coefficient (Wildman–Crippen LogP) is 2.87. The van der Waals surface area contributed by atoms with E-state index in [1.165, 1.54) is 23.5 Å². The third kappa shape index (κ3) is 3.63. The second kappa shape index (κ2) is 7.11. The number of aliphatic carboxylic acids is 1. The van der Waals surface area contributed by atoms with Crippen molar-refractivity contribution >= 4 is 23.2 Å². The molecule has 7 heteroatoms. The number of thiophene rings is 1. The van der Waals surface area contributed by atoms with Gasteiger partial charge in [0.1, 0.15) is 5.82 Å². The lowest BCUT2D eigenvalue weighted by Crippen LogP contribution is -2.49. The number of morpholine rings is 1. The molecule has 1 aliphatic rings. The Balaban J connectivity index is 1.79. The molecule has 1 aromatic carbocycles. The molecule has 0 radical (unpaired) electrons. The van der Waals surface area contributed by atoms with Crippen LogP contribution in [0.4, 0.5) is 4.39 Å². The standard InChI is InChI=1S/C17H16FNO4S/c18-12-3-1-11(2-4-12)14-5-6-15(24-14)17(22)19-7-8-23-10-13(19)9-16(20)21/h1-6,13H,7-10H2,(H,20,21). The third-order valence-electron chi connectivity index (χ3n) is 3.84. The number of carboxylic acid groups (broad SMARTS) is 1. The molecule has 1 unspecified atom stereocenters. The van der Waals surface area contributed by atoms with Crippen molar-refractivity contribution in [2.24, 2.45) is 0 Å². The molecule has 1 amide bonds. The molecule has 2 aromatic rings. The van der Waals surface area contributed by atoms with E-state index in [0.717, 1.165) is 10.4 Å². The Hall–Kier alpha value is -2.25. The summed E-state index contributed by atoms with van der Waals surface area (Å²) < 4.78 is 18.3. The Morgan fingerprint density at radius 1 is 1.25 bits per heavy atom. The molecule has 0 aliphatic carbocycles. The molecular weight excluding hydrogens is 333 g/mol. The number of halogens is 1. The van der Waals surface area contributed by atoms with Crippen molar-refractivity contribution < 1.29 is 23.8 Å². The molecule has 1 fully saturated rings. The summed E-state index contributed by atoms with van der Waals surface area (Å²) in [7, 11) is 0. The van der Waals surface area contributed by atoms with Crippen LogP contribution in [0.25, 0.3) is 10.4 Å². The number of rotatable bonds is 4. The molecule has 1 saturated heterocycles. The van der Waals surface area contributed by atoms with E-state index in [0.29, 0.717) is 18.0 Å². The summed E-state index contributed by atoms with van der Waals surface area (Å²) in [6.45, 7) is 1.01. The van der Waals surface area contributed by atoms with E-state index >= 15 is 0 Å². The van der Waals surface area contributed by atoms with E-state index in [9.17, 15) is 14.0 Å². The number of benzene rings is 1. The number of hydrogen-bond acceptors (Lipinski definition) is 4. The normalized spacial score (nSPS) is 17.7. The first kappa shape index (κ1) is 16.6. The second-order valence-corrected chi connectivity index (χ2v) is 6.58. The van der Waals surface area contributed by atoms with Crippen LogP contribution in [0.5, 0.6) is 0 Å². The van der Waals surface area contributed by atoms with Gasteiger partial charge in [-0.05, 0) is 29.8 Å².